The van der Waals surface area contributed by atoms with Gasteiger partial charge in [-0.2, -0.15) is 0 Å². The molecule has 0 saturated carbocycles. The Morgan fingerprint density at radius 1 is 0.952 bits per heavy atom. The number of fused-ring (bicyclic) bond motifs is 1. The maximum atomic E-state index is 13.2. The number of phenols is 1. The minimum atomic E-state index is -0.963. The molecule has 0 aliphatic carbocycles. The Balaban J connectivity index is 1.61. The van der Waals surface area contributed by atoms with Gasteiger partial charge in [0.1, 0.15) is 0 Å². The summed E-state index contributed by atoms with van der Waals surface area (Å²) in [5.74, 6) is -1.48. The van der Waals surface area contributed by atoms with Gasteiger partial charge < -0.3 is 19.9 Å². The number of halogens is 2. The molecule has 4 nitrogen and oxygen atoms in total. The van der Waals surface area contributed by atoms with Crippen LogP contribution in [0.3, 0.4) is 0 Å². The topological polar surface area (TPSA) is 50.7 Å². The van der Waals surface area contributed by atoms with Crippen LogP contribution in [-0.4, -0.2) is 11.9 Å². The number of rotatable bonds is 4. The summed E-state index contributed by atoms with van der Waals surface area (Å²) in [6.45, 7) is 1.02. The van der Waals surface area contributed by atoms with Gasteiger partial charge in [0.05, 0.1) is 0 Å². The van der Waals surface area contributed by atoms with Crippen molar-refractivity contribution in [3.63, 3.8) is 0 Å². The van der Waals surface area contributed by atoms with E-state index >= 15 is 0 Å². The van der Waals surface area contributed by atoms with Gasteiger partial charge in [-0.05, 0) is 35.4 Å². The Hall–Kier alpha value is -2.34. The van der Waals surface area contributed by atoms with E-state index in [1.165, 1.54) is 0 Å². The van der Waals surface area contributed by atoms with Crippen molar-refractivity contribution in [1.29, 1.82) is 0 Å². The molecule has 110 valence electrons. The Kier molecular flexibility index (Phi) is 3.62. The van der Waals surface area contributed by atoms with Crippen molar-refractivity contribution in [3.8, 4) is 17.2 Å². The van der Waals surface area contributed by atoms with Crippen molar-refractivity contribution in [2.45, 2.75) is 13.1 Å². The molecule has 2 aromatic carbocycles. The molecule has 1 aliphatic heterocycles. The molecule has 0 fully saturated rings. The monoisotopic (exact) mass is 293 g/mol. The van der Waals surface area contributed by atoms with Crippen molar-refractivity contribution < 1.29 is 23.4 Å². The normalized spacial score (nSPS) is 12.7. The van der Waals surface area contributed by atoms with Crippen LogP contribution in [-0.2, 0) is 13.1 Å². The number of aromatic hydroxyl groups is 1. The summed E-state index contributed by atoms with van der Waals surface area (Å²) in [6.07, 6.45) is 0. The van der Waals surface area contributed by atoms with Crippen LogP contribution in [0.25, 0.3) is 0 Å². The zero-order valence-corrected chi connectivity index (χ0v) is 11.0. The minimum Gasteiger partial charge on any atom is -0.503 e. The summed E-state index contributed by atoms with van der Waals surface area (Å²) in [4.78, 5) is 0. The molecule has 1 aliphatic rings. The van der Waals surface area contributed by atoms with E-state index in [4.69, 9.17) is 14.6 Å². The molecule has 0 saturated heterocycles. The fourth-order valence-corrected chi connectivity index (χ4v) is 2.12. The van der Waals surface area contributed by atoms with Crippen molar-refractivity contribution in [2.75, 3.05) is 6.79 Å². The van der Waals surface area contributed by atoms with Crippen LogP contribution in [0, 0.1) is 11.6 Å². The van der Waals surface area contributed by atoms with E-state index in [1.807, 2.05) is 18.2 Å². The number of hydrogen-bond acceptors (Lipinski definition) is 4. The molecule has 0 spiro atoms. The van der Waals surface area contributed by atoms with E-state index in [-0.39, 0.29) is 13.3 Å². The van der Waals surface area contributed by atoms with Gasteiger partial charge in [-0.25, -0.2) is 8.78 Å². The number of nitrogens with one attached hydrogen (secondary N) is 1. The van der Waals surface area contributed by atoms with Gasteiger partial charge in [0, 0.05) is 13.1 Å². The molecule has 1 heterocycles. The lowest BCUT2D eigenvalue weighted by Gasteiger charge is -2.07. The molecular formula is C15H13F2NO3. The average Bonchev–Trinajstić information content (AvgIpc) is 2.92. The Morgan fingerprint density at radius 3 is 2.38 bits per heavy atom. The Labute approximate surface area is 119 Å². The summed E-state index contributed by atoms with van der Waals surface area (Å²) in [5.41, 5.74) is 1.39. The van der Waals surface area contributed by atoms with Gasteiger partial charge >= 0.3 is 0 Å². The molecule has 0 atom stereocenters. The maximum absolute atomic E-state index is 13.2. The highest BCUT2D eigenvalue weighted by Gasteiger charge is 2.13. The molecule has 0 aromatic heterocycles. The van der Waals surface area contributed by atoms with Crippen molar-refractivity contribution in [2.24, 2.45) is 0 Å². The molecule has 21 heavy (non-hydrogen) atoms. The second-order valence-electron chi connectivity index (χ2n) is 4.70. The summed E-state index contributed by atoms with van der Waals surface area (Å²) in [7, 11) is 0. The number of ether oxygens (including phenoxy) is 2. The van der Waals surface area contributed by atoms with E-state index in [1.54, 1.807) is 0 Å². The second kappa shape index (κ2) is 5.57. The first-order chi connectivity index (χ1) is 10.1. The van der Waals surface area contributed by atoms with Crippen LogP contribution in [0.15, 0.2) is 30.3 Å². The summed E-state index contributed by atoms with van der Waals surface area (Å²) in [5, 5.41) is 12.1. The molecule has 0 unspecified atom stereocenters. The van der Waals surface area contributed by atoms with Gasteiger partial charge in [-0.1, -0.05) is 6.07 Å². The fourth-order valence-electron chi connectivity index (χ4n) is 2.12. The lowest BCUT2D eigenvalue weighted by molar-refractivity contribution is 0.174. The first-order valence-electron chi connectivity index (χ1n) is 6.39. The number of hydrogen-bond donors (Lipinski definition) is 2. The van der Waals surface area contributed by atoms with Gasteiger partial charge in [0.25, 0.3) is 0 Å². The molecule has 6 heteroatoms. The van der Waals surface area contributed by atoms with Gasteiger partial charge in [-0.3, -0.25) is 0 Å². The highest BCUT2D eigenvalue weighted by atomic mass is 19.1. The highest BCUT2D eigenvalue weighted by Crippen LogP contribution is 2.32. The first kappa shape index (κ1) is 13.6. The second-order valence-corrected chi connectivity index (χ2v) is 4.70. The van der Waals surface area contributed by atoms with E-state index in [0.29, 0.717) is 23.6 Å². The standard InChI is InChI=1S/C15H13F2NO3/c16-11-3-10(4-12(17)15(11)19)7-18-6-9-1-2-13-14(5-9)21-8-20-13/h1-5,18-19H,6-8H2. The summed E-state index contributed by atoms with van der Waals surface area (Å²) in [6, 6.07) is 7.77. The third-order valence-electron chi connectivity index (χ3n) is 3.17. The molecule has 0 amide bonds. The third-order valence-corrected chi connectivity index (χ3v) is 3.17. The third kappa shape index (κ3) is 2.90. The van der Waals surface area contributed by atoms with Crippen LogP contribution in [0.5, 0.6) is 17.2 Å². The van der Waals surface area contributed by atoms with E-state index < -0.39 is 17.4 Å². The minimum absolute atomic E-state index is 0.221. The lowest BCUT2D eigenvalue weighted by atomic mass is 10.1. The van der Waals surface area contributed by atoms with Crippen molar-refractivity contribution in [1.82, 2.24) is 5.32 Å². The van der Waals surface area contributed by atoms with E-state index in [0.717, 1.165) is 17.7 Å². The molecule has 2 N–H and O–H groups in total. The molecule has 3 rings (SSSR count). The van der Waals surface area contributed by atoms with Crippen LogP contribution < -0.4 is 14.8 Å². The largest absolute Gasteiger partial charge is 0.503 e. The Bertz CT molecular complexity index is 653. The lowest BCUT2D eigenvalue weighted by Crippen LogP contribution is -2.13. The van der Waals surface area contributed by atoms with E-state index in [2.05, 4.69) is 5.32 Å². The van der Waals surface area contributed by atoms with Gasteiger partial charge in [-0.15, -0.1) is 0 Å². The van der Waals surface area contributed by atoms with Crippen molar-refractivity contribution in [3.05, 3.63) is 53.1 Å². The van der Waals surface area contributed by atoms with Crippen LogP contribution in [0.4, 0.5) is 8.78 Å². The molecular weight excluding hydrogens is 280 g/mol. The van der Waals surface area contributed by atoms with Gasteiger partial charge in [0.2, 0.25) is 6.79 Å². The van der Waals surface area contributed by atoms with Crippen LogP contribution in [0.2, 0.25) is 0 Å². The molecule has 0 radical (unpaired) electrons. The fraction of sp³-hybridized carbons (Fsp3) is 0.200. The van der Waals surface area contributed by atoms with Crippen LogP contribution >= 0.6 is 0 Å². The zero-order valence-electron chi connectivity index (χ0n) is 11.0. The SMILES string of the molecule is Oc1c(F)cc(CNCc2ccc3c(c2)OCO3)cc1F. The smallest absolute Gasteiger partial charge is 0.231 e. The predicted molar refractivity (Wildman–Crippen MR) is 71.1 cm³/mol. The summed E-state index contributed by atoms with van der Waals surface area (Å²) >= 11 is 0. The van der Waals surface area contributed by atoms with E-state index in [9.17, 15) is 8.78 Å². The van der Waals surface area contributed by atoms with Crippen molar-refractivity contribution >= 4 is 0 Å². The van der Waals surface area contributed by atoms with Crippen LogP contribution in [0.1, 0.15) is 11.1 Å². The molecule has 0 bridgehead atoms. The maximum Gasteiger partial charge on any atom is 0.231 e. The number of phenolic OH excluding ortho intramolecular Hbond substituents is 1. The quantitative estimate of drug-likeness (QED) is 0.910. The summed E-state index contributed by atoms with van der Waals surface area (Å²) < 4.78 is 36.9. The number of benzene rings is 2. The predicted octanol–water partition coefficient (Wildman–Crippen LogP) is 2.69. The highest BCUT2D eigenvalue weighted by molar-refractivity contribution is 5.44. The Morgan fingerprint density at radius 2 is 1.62 bits per heavy atom. The average molecular weight is 293 g/mol. The zero-order chi connectivity index (χ0) is 14.8. The first-order valence-corrected chi connectivity index (χ1v) is 6.39. The van der Waals surface area contributed by atoms with Gasteiger partial charge in [0.15, 0.2) is 28.9 Å². The molecule has 2 aromatic rings.